The first-order valence-electron chi connectivity index (χ1n) is 12.0. The smallest absolute Gasteiger partial charge is 0.387 e. The molecule has 36 heavy (non-hydrogen) atoms. The Balaban J connectivity index is 1.48. The van der Waals surface area contributed by atoms with Crippen LogP contribution in [0.2, 0.25) is 0 Å². The van der Waals surface area contributed by atoms with Gasteiger partial charge in [-0.25, -0.2) is 4.99 Å². The molecular weight excluding hydrogens is 470 g/mol. The summed E-state index contributed by atoms with van der Waals surface area (Å²) in [6.07, 6.45) is 3.26. The topological polar surface area (TPSA) is 119 Å². The summed E-state index contributed by atoms with van der Waals surface area (Å²) in [4.78, 5) is 21.8. The van der Waals surface area contributed by atoms with Crippen molar-refractivity contribution in [1.82, 2.24) is 5.32 Å². The molecule has 3 unspecified atom stereocenters. The summed E-state index contributed by atoms with van der Waals surface area (Å²) in [5.74, 6) is -0.262. The number of methoxy groups -OCH3 is 1. The van der Waals surface area contributed by atoms with Crippen molar-refractivity contribution in [2.45, 2.75) is 62.8 Å². The van der Waals surface area contributed by atoms with Gasteiger partial charge in [0.25, 0.3) is 5.91 Å². The van der Waals surface area contributed by atoms with Crippen molar-refractivity contribution in [2.75, 3.05) is 7.11 Å². The minimum absolute atomic E-state index is 0.0521. The fourth-order valence-electron chi connectivity index (χ4n) is 4.92. The van der Waals surface area contributed by atoms with E-state index in [-0.39, 0.29) is 41.4 Å². The van der Waals surface area contributed by atoms with Crippen molar-refractivity contribution < 1.29 is 28.2 Å². The Kier molecular flexibility index (Phi) is 6.61. The molecule has 1 heterocycles. The number of benzene rings is 2. The molecule has 190 valence electrons. The molecule has 0 radical (unpaired) electrons. The SMILES string of the molecule is COc1cc2c(cc1OC(F)F)C1CC(O)CCC1N=C2c1ccc(C(=O)NC(N)=NC2CC2)cc1. The van der Waals surface area contributed by atoms with E-state index in [1.54, 1.807) is 36.4 Å². The summed E-state index contributed by atoms with van der Waals surface area (Å²) in [5, 5.41) is 12.9. The van der Waals surface area contributed by atoms with Crippen LogP contribution >= 0.6 is 0 Å². The molecule has 2 aliphatic carbocycles. The minimum Gasteiger partial charge on any atom is -0.493 e. The van der Waals surface area contributed by atoms with Crippen molar-refractivity contribution in [3.63, 3.8) is 0 Å². The number of aliphatic imine (C=N–C) groups is 2. The number of carbonyl (C=O) groups is 1. The summed E-state index contributed by atoms with van der Waals surface area (Å²) in [6, 6.07) is 10.3. The molecule has 0 saturated heterocycles. The fourth-order valence-corrected chi connectivity index (χ4v) is 4.92. The number of aliphatic hydroxyl groups is 1. The van der Waals surface area contributed by atoms with E-state index in [0.717, 1.165) is 29.5 Å². The number of amides is 1. The number of hydrogen-bond donors (Lipinski definition) is 3. The van der Waals surface area contributed by atoms with Gasteiger partial charge >= 0.3 is 6.61 Å². The fraction of sp³-hybridized carbons (Fsp3) is 0.423. The van der Waals surface area contributed by atoms with Crippen LogP contribution in [0.5, 0.6) is 11.5 Å². The Bertz CT molecular complexity index is 1210. The number of nitrogens with two attached hydrogens (primary N) is 1. The van der Waals surface area contributed by atoms with Crippen molar-refractivity contribution in [2.24, 2.45) is 15.7 Å². The molecule has 8 nitrogen and oxygen atoms in total. The molecule has 3 aliphatic rings. The van der Waals surface area contributed by atoms with Crippen LogP contribution in [0.25, 0.3) is 0 Å². The first-order chi connectivity index (χ1) is 17.3. The zero-order valence-electron chi connectivity index (χ0n) is 19.8. The molecule has 0 bridgehead atoms. The maximum Gasteiger partial charge on any atom is 0.387 e. The third kappa shape index (κ3) is 5.04. The van der Waals surface area contributed by atoms with E-state index in [0.29, 0.717) is 30.5 Å². The first-order valence-corrected chi connectivity index (χ1v) is 12.0. The summed E-state index contributed by atoms with van der Waals surface area (Å²) < 4.78 is 36.2. The largest absolute Gasteiger partial charge is 0.493 e. The Labute approximate surface area is 207 Å². The van der Waals surface area contributed by atoms with Gasteiger partial charge in [0.15, 0.2) is 17.5 Å². The van der Waals surface area contributed by atoms with Crippen LogP contribution in [0.1, 0.15) is 65.1 Å². The first kappa shape index (κ1) is 24.2. The molecule has 10 heteroatoms. The highest BCUT2D eigenvalue weighted by Gasteiger charge is 2.37. The second kappa shape index (κ2) is 9.85. The minimum atomic E-state index is -3.00. The average molecular weight is 499 g/mol. The van der Waals surface area contributed by atoms with E-state index in [1.807, 2.05) is 0 Å². The maximum atomic E-state index is 13.1. The van der Waals surface area contributed by atoms with Crippen molar-refractivity contribution in [3.8, 4) is 11.5 Å². The lowest BCUT2D eigenvalue weighted by molar-refractivity contribution is -0.0513. The highest BCUT2D eigenvalue weighted by molar-refractivity contribution is 6.15. The van der Waals surface area contributed by atoms with E-state index < -0.39 is 12.7 Å². The van der Waals surface area contributed by atoms with Gasteiger partial charge in [0, 0.05) is 22.6 Å². The highest BCUT2D eigenvalue weighted by Crippen LogP contribution is 2.45. The molecule has 0 spiro atoms. The number of alkyl halides is 2. The van der Waals surface area contributed by atoms with Crippen LogP contribution in [0, 0.1) is 0 Å². The third-order valence-corrected chi connectivity index (χ3v) is 6.82. The zero-order chi connectivity index (χ0) is 25.4. The van der Waals surface area contributed by atoms with Gasteiger partial charge in [-0.3, -0.25) is 15.1 Å². The molecule has 1 aliphatic heterocycles. The van der Waals surface area contributed by atoms with Gasteiger partial charge in [0.2, 0.25) is 0 Å². The summed E-state index contributed by atoms with van der Waals surface area (Å²) in [5.41, 5.74) is 9.17. The number of aliphatic hydroxyl groups excluding tert-OH is 1. The molecular formula is C26H28F2N4O4. The van der Waals surface area contributed by atoms with Gasteiger partial charge in [-0.15, -0.1) is 0 Å². The molecule has 1 amide bonds. The van der Waals surface area contributed by atoms with Gasteiger partial charge < -0.3 is 20.3 Å². The van der Waals surface area contributed by atoms with Gasteiger partial charge in [0.05, 0.1) is 31.0 Å². The number of rotatable bonds is 6. The Morgan fingerprint density at radius 2 is 1.92 bits per heavy atom. The number of halogens is 2. The predicted molar refractivity (Wildman–Crippen MR) is 130 cm³/mol. The van der Waals surface area contributed by atoms with Crippen LogP contribution < -0.4 is 20.5 Å². The standard InChI is InChI=1S/C26H28F2N4O4/c1-35-21-12-19-17(11-22(21)36-25(27)28)18-10-16(33)8-9-20(18)31-23(19)13-2-4-14(5-3-13)24(34)32-26(29)30-15-6-7-15/h2-5,11-12,15-16,18,20,25,33H,6-10H2,1H3,(H3,29,30,32,34). The van der Waals surface area contributed by atoms with Crippen LogP contribution in [0.4, 0.5) is 8.78 Å². The van der Waals surface area contributed by atoms with E-state index in [4.69, 9.17) is 20.2 Å². The average Bonchev–Trinajstić information content (AvgIpc) is 3.67. The summed E-state index contributed by atoms with van der Waals surface area (Å²) in [6.45, 7) is -3.00. The molecule has 3 atom stereocenters. The molecule has 5 rings (SSSR count). The monoisotopic (exact) mass is 498 g/mol. The van der Waals surface area contributed by atoms with Crippen LogP contribution in [0.3, 0.4) is 0 Å². The zero-order valence-corrected chi connectivity index (χ0v) is 19.8. The van der Waals surface area contributed by atoms with Crippen molar-refractivity contribution in [1.29, 1.82) is 0 Å². The van der Waals surface area contributed by atoms with Crippen LogP contribution in [-0.2, 0) is 0 Å². The lowest BCUT2D eigenvalue weighted by atomic mass is 9.74. The van der Waals surface area contributed by atoms with Crippen molar-refractivity contribution >= 4 is 17.6 Å². The van der Waals surface area contributed by atoms with Gasteiger partial charge in [-0.05, 0) is 61.9 Å². The molecule has 2 aromatic carbocycles. The normalized spacial score (nSPS) is 23.4. The Morgan fingerprint density at radius 3 is 2.58 bits per heavy atom. The molecule has 2 aromatic rings. The van der Waals surface area contributed by atoms with Gasteiger partial charge in [0.1, 0.15) is 0 Å². The van der Waals surface area contributed by atoms with Crippen LogP contribution in [0.15, 0.2) is 46.4 Å². The number of fused-ring (bicyclic) bond motifs is 3. The second-order valence-electron chi connectivity index (χ2n) is 9.36. The van der Waals surface area contributed by atoms with E-state index in [2.05, 4.69) is 10.3 Å². The number of hydrogen-bond acceptors (Lipinski definition) is 6. The molecule has 0 aromatic heterocycles. The number of nitrogens with one attached hydrogen (secondary N) is 1. The third-order valence-electron chi connectivity index (χ3n) is 6.82. The second-order valence-corrected chi connectivity index (χ2v) is 9.36. The van der Waals surface area contributed by atoms with E-state index in [1.165, 1.54) is 7.11 Å². The molecule has 2 fully saturated rings. The van der Waals surface area contributed by atoms with Gasteiger partial charge in [-0.2, -0.15) is 8.78 Å². The van der Waals surface area contributed by atoms with E-state index in [9.17, 15) is 18.7 Å². The quantitative estimate of drug-likeness (QED) is 0.417. The lowest BCUT2D eigenvalue weighted by Crippen LogP contribution is -2.37. The summed E-state index contributed by atoms with van der Waals surface area (Å²) in [7, 11) is 1.39. The Hall–Kier alpha value is -3.53. The lowest BCUT2D eigenvalue weighted by Gasteiger charge is -2.37. The van der Waals surface area contributed by atoms with Crippen molar-refractivity contribution in [3.05, 3.63) is 58.7 Å². The van der Waals surface area contributed by atoms with Gasteiger partial charge in [-0.1, -0.05) is 12.1 Å². The Morgan fingerprint density at radius 1 is 1.17 bits per heavy atom. The number of carbonyl (C=O) groups excluding carboxylic acids is 1. The number of guanidine groups is 1. The number of ether oxygens (including phenoxy) is 2. The predicted octanol–water partition coefficient (Wildman–Crippen LogP) is 3.35. The molecule has 4 N–H and O–H groups in total. The highest BCUT2D eigenvalue weighted by atomic mass is 19.3. The maximum absolute atomic E-state index is 13.1. The van der Waals surface area contributed by atoms with E-state index >= 15 is 0 Å². The number of nitrogens with zero attached hydrogens (tertiary/aromatic N) is 2. The van der Waals surface area contributed by atoms with Crippen LogP contribution in [-0.4, -0.2) is 54.6 Å². The summed E-state index contributed by atoms with van der Waals surface area (Å²) >= 11 is 0. The molecule has 2 saturated carbocycles.